The zero-order valence-electron chi connectivity index (χ0n) is 17.3. The van der Waals surface area contributed by atoms with Crippen LogP contribution in [0.5, 0.6) is 0 Å². The van der Waals surface area contributed by atoms with Gasteiger partial charge in [-0.2, -0.15) is 0 Å². The first kappa shape index (κ1) is 22.4. The first-order chi connectivity index (χ1) is 16.0. The van der Waals surface area contributed by atoms with Crippen molar-refractivity contribution >= 4 is 45.6 Å². The van der Waals surface area contributed by atoms with E-state index in [0.29, 0.717) is 33.6 Å². The summed E-state index contributed by atoms with van der Waals surface area (Å²) in [6.45, 7) is 0.290. The zero-order chi connectivity index (χ0) is 23.2. The summed E-state index contributed by atoms with van der Waals surface area (Å²) in [5, 5.41) is 8.22. The topological polar surface area (TPSA) is 93.1 Å². The van der Waals surface area contributed by atoms with Crippen molar-refractivity contribution < 1.29 is 9.59 Å². The van der Waals surface area contributed by atoms with Gasteiger partial charge >= 0.3 is 0 Å². The summed E-state index contributed by atoms with van der Waals surface area (Å²) in [6, 6.07) is 19.0. The van der Waals surface area contributed by atoms with Gasteiger partial charge in [0.05, 0.1) is 24.3 Å². The fraction of sp³-hybridized carbons (Fsp3) is 0.0833. The van der Waals surface area contributed by atoms with Crippen molar-refractivity contribution in [2.75, 3.05) is 10.6 Å². The highest BCUT2D eigenvalue weighted by atomic mass is 35.5. The summed E-state index contributed by atoms with van der Waals surface area (Å²) >= 11 is 7.44. The lowest BCUT2D eigenvalue weighted by atomic mass is 10.2. The standard InChI is InChI=1S/C24H19ClN4O3S/c25-20-9-5-4-8-17(20)13-29-14-18(10-11-22(29)31)26-21(30)12-19-15-33-24(27-19)28-23(32)16-6-2-1-3-7-16/h1-11,14-15H,12-13H2,(H,26,30)(H,27,28,32). The molecular formula is C24H19ClN4O3S. The van der Waals surface area contributed by atoms with Crippen LogP contribution < -0.4 is 16.2 Å². The predicted molar refractivity (Wildman–Crippen MR) is 130 cm³/mol. The molecule has 2 aromatic heterocycles. The van der Waals surface area contributed by atoms with Gasteiger partial charge in [-0.05, 0) is 29.8 Å². The number of anilines is 2. The van der Waals surface area contributed by atoms with Crippen molar-refractivity contribution in [3.8, 4) is 0 Å². The smallest absolute Gasteiger partial charge is 0.257 e. The minimum Gasteiger partial charge on any atom is -0.324 e. The second-order valence-electron chi connectivity index (χ2n) is 7.16. The van der Waals surface area contributed by atoms with Crippen molar-refractivity contribution in [1.29, 1.82) is 0 Å². The van der Waals surface area contributed by atoms with Crippen molar-refractivity contribution in [1.82, 2.24) is 9.55 Å². The van der Waals surface area contributed by atoms with E-state index in [2.05, 4.69) is 15.6 Å². The van der Waals surface area contributed by atoms with Crippen molar-refractivity contribution in [2.45, 2.75) is 13.0 Å². The minimum absolute atomic E-state index is 0.0291. The molecule has 2 amide bonds. The molecule has 4 rings (SSSR count). The maximum atomic E-state index is 12.5. The van der Waals surface area contributed by atoms with Gasteiger partial charge in [-0.1, -0.05) is 48.0 Å². The van der Waals surface area contributed by atoms with Gasteiger partial charge in [-0.3, -0.25) is 19.7 Å². The molecule has 0 bridgehead atoms. The van der Waals surface area contributed by atoms with E-state index in [1.807, 2.05) is 24.3 Å². The van der Waals surface area contributed by atoms with Crippen molar-refractivity contribution in [3.63, 3.8) is 0 Å². The van der Waals surface area contributed by atoms with Crippen LogP contribution in [-0.2, 0) is 17.8 Å². The van der Waals surface area contributed by atoms with Crippen LogP contribution in [0, 0.1) is 0 Å². The highest BCUT2D eigenvalue weighted by molar-refractivity contribution is 7.14. The molecule has 7 nitrogen and oxygen atoms in total. The molecule has 0 aliphatic carbocycles. The number of hydrogen-bond donors (Lipinski definition) is 2. The van der Waals surface area contributed by atoms with E-state index < -0.39 is 0 Å². The lowest BCUT2D eigenvalue weighted by Gasteiger charge is -2.10. The van der Waals surface area contributed by atoms with Crippen LogP contribution in [0.15, 0.2) is 83.1 Å². The van der Waals surface area contributed by atoms with Crippen molar-refractivity contribution in [3.05, 3.63) is 111 Å². The van der Waals surface area contributed by atoms with Crippen LogP contribution in [-0.4, -0.2) is 21.4 Å². The average molecular weight is 479 g/mol. The van der Waals surface area contributed by atoms with Gasteiger partial charge in [-0.15, -0.1) is 11.3 Å². The summed E-state index contributed by atoms with van der Waals surface area (Å²) in [4.78, 5) is 41.3. The van der Waals surface area contributed by atoms with Crippen LogP contribution in [0.2, 0.25) is 5.02 Å². The third kappa shape index (κ3) is 5.94. The quantitative estimate of drug-likeness (QED) is 0.410. The highest BCUT2D eigenvalue weighted by Gasteiger charge is 2.12. The van der Waals surface area contributed by atoms with Crippen molar-refractivity contribution in [2.24, 2.45) is 0 Å². The summed E-state index contributed by atoms with van der Waals surface area (Å²) in [5.74, 6) is -0.550. The number of hydrogen-bond acceptors (Lipinski definition) is 5. The molecule has 2 heterocycles. The summed E-state index contributed by atoms with van der Waals surface area (Å²) in [7, 11) is 0. The summed E-state index contributed by atoms with van der Waals surface area (Å²) in [6.07, 6.45) is 1.61. The Bertz CT molecular complexity index is 1350. The predicted octanol–water partition coefficient (Wildman–Crippen LogP) is 4.44. The van der Waals surface area contributed by atoms with E-state index in [0.717, 1.165) is 5.56 Å². The molecule has 166 valence electrons. The Balaban J connectivity index is 1.38. The molecule has 0 aliphatic heterocycles. The second-order valence-corrected chi connectivity index (χ2v) is 8.43. The van der Waals surface area contributed by atoms with Gasteiger partial charge in [0.2, 0.25) is 5.91 Å². The second kappa shape index (κ2) is 10.2. The maximum Gasteiger partial charge on any atom is 0.257 e. The highest BCUT2D eigenvalue weighted by Crippen LogP contribution is 2.18. The molecule has 2 aromatic carbocycles. The molecule has 0 fully saturated rings. The molecule has 33 heavy (non-hydrogen) atoms. The third-order valence-corrected chi connectivity index (χ3v) is 5.89. The molecule has 0 saturated heterocycles. The van der Waals surface area contributed by atoms with Gasteiger partial charge in [0.15, 0.2) is 5.13 Å². The largest absolute Gasteiger partial charge is 0.324 e. The SMILES string of the molecule is O=C(Cc1csc(NC(=O)c2ccccc2)n1)Nc1ccc(=O)n(Cc2ccccc2Cl)c1. The minimum atomic E-state index is -0.288. The van der Waals surface area contributed by atoms with Gasteiger partial charge in [0.1, 0.15) is 0 Å². The number of nitrogens with one attached hydrogen (secondary N) is 2. The molecule has 4 aromatic rings. The Morgan fingerprint density at radius 1 is 0.970 bits per heavy atom. The normalized spacial score (nSPS) is 10.6. The monoisotopic (exact) mass is 478 g/mol. The molecule has 0 radical (unpaired) electrons. The van der Waals surface area contributed by atoms with Crippen LogP contribution >= 0.6 is 22.9 Å². The summed E-state index contributed by atoms with van der Waals surface area (Å²) in [5.41, 5.74) is 2.15. The molecular weight excluding hydrogens is 460 g/mol. The average Bonchev–Trinajstić information content (AvgIpc) is 3.24. The lowest BCUT2D eigenvalue weighted by molar-refractivity contribution is -0.115. The number of rotatable bonds is 7. The Kier molecular flexibility index (Phi) is 6.97. The molecule has 0 saturated carbocycles. The van der Waals surface area contributed by atoms with Gasteiger partial charge in [0, 0.05) is 28.2 Å². The van der Waals surface area contributed by atoms with Gasteiger partial charge < -0.3 is 9.88 Å². The number of aromatic nitrogens is 2. The van der Waals surface area contributed by atoms with E-state index in [1.165, 1.54) is 22.0 Å². The van der Waals surface area contributed by atoms with E-state index in [-0.39, 0.29) is 23.8 Å². The number of amides is 2. The van der Waals surface area contributed by atoms with Crippen LogP contribution in [0.4, 0.5) is 10.8 Å². The van der Waals surface area contributed by atoms with E-state index in [1.54, 1.807) is 48.0 Å². The Hall–Kier alpha value is -3.75. The molecule has 0 unspecified atom stereocenters. The molecule has 9 heteroatoms. The molecule has 2 N–H and O–H groups in total. The number of halogens is 1. The Morgan fingerprint density at radius 3 is 2.52 bits per heavy atom. The third-order valence-electron chi connectivity index (χ3n) is 4.72. The van der Waals surface area contributed by atoms with E-state index in [4.69, 9.17) is 11.6 Å². The number of carbonyl (C=O) groups is 2. The number of benzene rings is 2. The van der Waals surface area contributed by atoms with Crippen LogP contribution in [0.25, 0.3) is 0 Å². The first-order valence-corrected chi connectivity index (χ1v) is 11.3. The van der Waals surface area contributed by atoms with Gasteiger partial charge in [-0.25, -0.2) is 4.98 Å². The number of carbonyl (C=O) groups excluding carboxylic acids is 2. The van der Waals surface area contributed by atoms with Crippen LogP contribution in [0.1, 0.15) is 21.6 Å². The van der Waals surface area contributed by atoms with Crippen LogP contribution in [0.3, 0.4) is 0 Å². The number of thiazole rings is 1. The molecule has 0 atom stereocenters. The molecule has 0 aliphatic rings. The lowest BCUT2D eigenvalue weighted by Crippen LogP contribution is -2.22. The van der Waals surface area contributed by atoms with Gasteiger partial charge in [0.25, 0.3) is 11.5 Å². The number of pyridine rings is 1. The maximum absolute atomic E-state index is 12.5. The Labute approximate surface area is 198 Å². The fourth-order valence-electron chi connectivity index (χ4n) is 3.11. The number of nitrogens with zero attached hydrogens (tertiary/aromatic N) is 2. The van der Waals surface area contributed by atoms with E-state index >= 15 is 0 Å². The summed E-state index contributed by atoms with van der Waals surface area (Å²) < 4.78 is 1.48. The first-order valence-electron chi connectivity index (χ1n) is 10.0. The Morgan fingerprint density at radius 2 is 1.73 bits per heavy atom. The zero-order valence-corrected chi connectivity index (χ0v) is 18.9. The fourth-order valence-corrected chi connectivity index (χ4v) is 4.01. The molecule has 0 spiro atoms. The van der Waals surface area contributed by atoms with E-state index in [9.17, 15) is 14.4 Å².